The molecule has 5 aromatic rings. The normalized spacial score (nSPS) is 17.9. The summed E-state index contributed by atoms with van der Waals surface area (Å²) in [7, 11) is 0. The maximum atomic E-state index is 14.6. The highest BCUT2D eigenvalue weighted by Crippen LogP contribution is 2.57. The first kappa shape index (κ1) is 76.2. The molecule has 4 aliphatic heterocycles. The van der Waals surface area contributed by atoms with Crippen LogP contribution < -0.4 is 59.6 Å². The Morgan fingerprint density at radius 3 is 1.39 bits per heavy atom. The summed E-state index contributed by atoms with van der Waals surface area (Å²) >= 11 is 0. The Hall–Kier alpha value is -10.2. The number of nitrogens with zero attached hydrogens (tertiary/aromatic N) is 4. The Morgan fingerprint density at radius 1 is 0.566 bits per heavy atom. The van der Waals surface area contributed by atoms with Gasteiger partial charge < -0.3 is 83.6 Å². The molecular formula is C70H88Cl2N14O13. The number of amides is 8. The van der Waals surface area contributed by atoms with Crippen LogP contribution in [0.1, 0.15) is 130 Å². The Bertz CT molecular complexity index is 3560. The lowest BCUT2D eigenvalue weighted by Gasteiger charge is -2.37. The van der Waals surface area contributed by atoms with Gasteiger partial charge in [-0.2, -0.15) is 0 Å². The van der Waals surface area contributed by atoms with Crippen LogP contribution in [-0.2, 0) is 61.8 Å². The van der Waals surface area contributed by atoms with Crippen LogP contribution in [-0.4, -0.2) is 138 Å². The van der Waals surface area contributed by atoms with Crippen molar-refractivity contribution < 1.29 is 62.1 Å². The number of hydrogen-bond acceptors (Lipinski definition) is 15. The monoisotopic (exact) mass is 1400 g/mol. The highest BCUT2D eigenvalue weighted by atomic mass is 35.5. The quantitative estimate of drug-likeness (QED) is 0.00817. The highest BCUT2D eigenvalue weighted by Gasteiger charge is 2.54. The summed E-state index contributed by atoms with van der Waals surface area (Å²) in [6, 6.07) is 28.3. The largest absolute Gasteiger partial charge is 0.456 e. The van der Waals surface area contributed by atoms with E-state index in [0.29, 0.717) is 47.9 Å². The second-order valence-corrected chi connectivity index (χ2v) is 24.7. The van der Waals surface area contributed by atoms with Crippen molar-refractivity contribution in [3.8, 4) is 11.5 Å². The van der Waals surface area contributed by atoms with E-state index in [2.05, 4.69) is 41.9 Å². The lowest BCUT2D eigenvalue weighted by molar-refractivity contribution is -0.141. The van der Waals surface area contributed by atoms with Gasteiger partial charge in [-0.15, -0.1) is 24.8 Å². The highest BCUT2D eigenvalue weighted by molar-refractivity contribution is 6.02. The predicted molar refractivity (Wildman–Crippen MR) is 376 cm³/mol. The van der Waals surface area contributed by atoms with Crippen LogP contribution in [0.4, 0.5) is 21.0 Å². The number of likely N-dealkylation sites (tertiary alicyclic amines) is 2. The van der Waals surface area contributed by atoms with E-state index in [1.807, 2.05) is 88.4 Å². The molecule has 2 unspecified atom stereocenters. The molecule has 8 atom stereocenters. The molecule has 8 amide bonds. The molecule has 29 heteroatoms. The standard InChI is InChI=1S/C70H86N14O13.2ClH/c1-5-41(3)57(81-68(92)94-39-43-19-9-7-10-20-43)63(89)83-35-17-27-53(83)61(87)79-51(25-15-33-75-66(71)72)59(85)77-45-29-31-49-55(37-45)96-56-38-46(30-32-50(56)70(49)48-24-14-13-23-47(48)65(91)97-70)78-60(86)52(26-16-34-76-67(73)74)80-62(88)54-28-18-36-84(54)64(90)58(42(4)6-2)82-69(93)95-40-44-21-11-8-12-22-44;;/h7-14,19-24,29-32,37-38,41-42,51-54,57-58H,5-6,15-18,25-28,33-36,39-40H2,1-4H3,(H,77,85)(H,78,86)(H,79,87)(H,80,88)(H,81,92)(H,82,93)(H4,71,72,75)(H4,73,74,76);2*1H/t41?,42?,51-,52-,53-,54-,57-,58-,70?;;/m0../s1. The summed E-state index contributed by atoms with van der Waals surface area (Å²) in [6.45, 7) is 8.09. The van der Waals surface area contributed by atoms with Crippen LogP contribution in [0.5, 0.6) is 11.5 Å². The third kappa shape index (κ3) is 18.7. The number of nitrogens with two attached hydrogens (primary N) is 4. The number of halogens is 2. The maximum Gasteiger partial charge on any atom is 0.408 e. The zero-order valence-corrected chi connectivity index (χ0v) is 57.3. The van der Waals surface area contributed by atoms with Crippen molar-refractivity contribution in [2.75, 3.05) is 36.8 Å². The van der Waals surface area contributed by atoms with Crippen molar-refractivity contribution in [3.63, 3.8) is 0 Å². The molecule has 5 aromatic carbocycles. The van der Waals surface area contributed by atoms with E-state index in [0.717, 1.165) is 11.1 Å². The van der Waals surface area contributed by atoms with Gasteiger partial charge in [-0.3, -0.25) is 38.8 Å². The van der Waals surface area contributed by atoms with E-state index >= 15 is 0 Å². The number of carbonyl (C=O) groups is 9. The summed E-state index contributed by atoms with van der Waals surface area (Å²) in [6.07, 6.45) is 1.63. The van der Waals surface area contributed by atoms with Crippen LogP contribution in [0.25, 0.3) is 0 Å². The number of ether oxygens (including phenoxy) is 4. The summed E-state index contributed by atoms with van der Waals surface area (Å²) in [4.78, 5) is 138. The number of nitrogens with one attached hydrogen (secondary N) is 6. The van der Waals surface area contributed by atoms with E-state index in [1.165, 1.54) is 9.80 Å². The van der Waals surface area contributed by atoms with E-state index in [4.69, 9.17) is 41.9 Å². The van der Waals surface area contributed by atoms with Crippen LogP contribution in [0.3, 0.4) is 0 Å². The Balaban J connectivity index is 0.00000689. The molecule has 0 aromatic heterocycles. The molecular weight excluding hydrogens is 1320 g/mol. The molecule has 0 aliphatic carbocycles. The number of aliphatic imine (C=N–C) groups is 2. The molecule has 2 fully saturated rings. The molecule has 0 bridgehead atoms. The van der Waals surface area contributed by atoms with Gasteiger partial charge in [0.05, 0.1) is 5.56 Å². The first-order chi connectivity index (χ1) is 46.7. The first-order valence-corrected chi connectivity index (χ1v) is 32.9. The molecule has 4 aliphatic rings. The average molecular weight is 1400 g/mol. The Morgan fingerprint density at radius 2 is 0.980 bits per heavy atom. The first-order valence-electron chi connectivity index (χ1n) is 32.9. The fraction of sp³-hybridized carbons (Fsp3) is 0.414. The van der Waals surface area contributed by atoms with Gasteiger partial charge in [-0.1, -0.05) is 119 Å². The zero-order chi connectivity index (χ0) is 69.3. The van der Waals surface area contributed by atoms with Gasteiger partial charge in [0.1, 0.15) is 61.0 Å². The molecule has 2 saturated heterocycles. The zero-order valence-electron chi connectivity index (χ0n) is 55.7. The number of carbonyl (C=O) groups excluding carboxylic acids is 9. The Kier molecular flexibility index (Phi) is 27.2. The van der Waals surface area contributed by atoms with Gasteiger partial charge in [0, 0.05) is 66.4 Å². The number of alkyl carbamates (subject to hydrolysis) is 2. The third-order valence-electron chi connectivity index (χ3n) is 18.0. The van der Waals surface area contributed by atoms with Crippen molar-refractivity contribution in [3.05, 3.63) is 155 Å². The van der Waals surface area contributed by atoms with Crippen molar-refractivity contribution in [1.82, 2.24) is 31.1 Å². The van der Waals surface area contributed by atoms with Gasteiger partial charge in [-0.05, 0) is 105 Å². The number of rotatable bonds is 28. The van der Waals surface area contributed by atoms with Gasteiger partial charge in [0.2, 0.25) is 35.4 Å². The lowest BCUT2D eigenvalue weighted by Crippen LogP contribution is -2.57. The minimum Gasteiger partial charge on any atom is -0.456 e. The number of benzene rings is 5. The second-order valence-electron chi connectivity index (χ2n) is 24.7. The van der Waals surface area contributed by atoms with Gasteiger partial charge in [0.25, 0.3) is 0 Å². The SMILES string of the molecule is CCC(C)[C@H](NC(=O)OCc1ccccc1)C(=O)N1CCC[C@H]1C(=O)N[C@@H](CCCN=C(N)N)C(=O)Nc1ccc2c(c1)Oc1cc(NC(=O)[C@H](CCCN=C(N)N)NC(=O)[C@@H]3CCCN3C(=O)[C@@H](NC(=O)OCc3ccccc3)C(C)CC)ccc1C21OC(=O)c2ccccc21.Cl.Cl. The molecule has 0 saturated carbocycles. The number of guanidine groups is 2. The van der Waals surface area contributed by atoms with Gasteiger partial charge in [0.15, 0.2) is 17.5 Å². The molecule has 0 radical (unpaired) electrons. The maximum absolute atomic E-state index is 14.6. The second kappa shape index (κ2) is 35.4. The minimum atomic E-state index is -1.60. The van der Waals surface area contributed by atoms with Crippen molar-refractivity contribution in [2.45, 2.75) is 147 Å². The van der Waals surface area contributed by atoms with E-state index in [-0.39, 0.29) is 149 Å². The number of hydrogen-bond donors (Lipinski definition) is 10. The van der Waals surface area contributed by atoms with Gasteiger partial charge >= 0.3 is 18.2 Å². The van der Waals surface area contributed by atoms with Crippen LogP contribution in [0, 0.1) is 11.8 Å². The molecule has 530 valence electrons. The summed E-state index contributed by atoms with van der Waals surface area (Å²) in [5, 5.41) is 17.1. The smallest absolute Gasteiger partial charge is 0.408 e. The number of esters is 1. The van der Waals surface area contributed by atoms with E-state index in [9.17, 15) is 43.2 Å². The topological polar surface area (TPSA) is 398 Å². The third-order valence-corrected chi connectivity index (χ3v) is 18.0. The molecule has 9 rings (SSSR count). The van der Waals surface area contributed by atoms with Crippen molar-refractivity contribution in [2.24, 2.45) is 44.8 Å². The number of anilines is 2. The van der Waals surface area contributed by atoms with Gasteiger partial charge in [-0.25, -0.2) is 14.4 Å². The van der Waals surface area contributed by atoms with Crippen LogP contribution in [0.2, 0.25) is 0 Å². The fourth-order valence-electron chi connectivity index (χ4n) is 12.5. The molecule has 27 nitrogen and oxygen atoms in total. The molecule has 14 N–H and O–H groups in total. The molecule has 1 spiro atoms. The fourth-order valence-corrected chi connectivity index (χ4v) is 12.5. The van der Waals surface area contributed by atoms with Crippen molar-refractivity contribution >= 4 is 102 Å². The summed E-state index contributed by atoms with van der Waals surface area (Å²) < 4.78 is 24.0. The van der Waals surface area contributed by atoms with Crippen LogP contribution in [0.15, 0.2) is 131 Å². The van der Waals surface area contributed by atoms with E-state index < -0.39 is 95.5 Å². The van der Waals surface area contributed by atoms with Crippen molar-refractivity contribution in [1.29, 1.82) is 0 Å². The van der Waals surface area contributed by atoms with E-state index in [1.54, 1.807) is 60.7 Å². The molecule has 99 heavy (non-hydrogen) atoms. The predicted octanol–water partition coefficient (Wildman–Crippen LogP) is 6.72. The Labute approximate surface area is 586 Å². The molecule has 4 heterocycles. The average Bonchev–Trinajstić information content (AvgIpc) is 1.61. The van der Waals surface area contributed by atoms with Crippen LogP contribution >= 0.6 is 24.8 Å². The summed E-state index contributed by atoms with van der Waals surface area (Å²) in [5.41, 5.74) is 24.5. The lowest BCUT2D eigenvalue weighted by atomic mass is 9.77. The summed E-state index contributed by atoms with van der Waals surface area (Å²) in [5.74, 6) is -4.71. The number of fused-ring (bicyclic) bond motifs is 6. The minimum absolute atomic E-state index is 0.